The second-order valence-corrected chi connectivity index (χ2v) is 6.15. The second kappa shape index (κ2) is 6.55. The van der Waals surface area contributed by atoms with Crippen LogP contribution in [0, 0.1) is 6.92 Å². The quantitative estimate of drug-likeness (QED) is 0.935. The predicted octanol–water partition coefficient (Wildman–Crippen LogP) is 2.49. The van der Waals surface area contributed by atoms with Crippen LogP contribution >= 0.6 is 0 Å². The molecule has 1 aliphatic rings. The molecule has 1 aromatic carbocycles. The molecule has 0 saturated carbocycles. The molecule has 0 aliphatic carbocycles. The highest BCUT2D eigenvalue weighted by molar-refractivity contribution is 6.01. The molecule has 6 heteroatoms. The van der Waals surface area contributed by atoms with Gasteiger partial charge in [-0.1, -0.05) is 0 Å². The first kappa shape index (κ1) is 16.4. The second-order valence-electron chi connectivity index (χ2n) is 6.15. The Balaban J connectivity index is 1.78. The van der Waals surface area contributed by atoms with Gasteiger partial charge in [0.1, 0.15) is 17.4 Å². The molecule has 1 saturated heterocycles. The summed E-state index contributed by atoms with van der Waals surface area (Å²) in [5.74, 6) is 0.522. The lowest BCUT2D eigenvalue weighted by molar-refractivity contribution is -0.131. The number of carbonyl (C=O) groups excluding carboxylic acids is 2. The molecule has 0 unspecified atom stereocenters. The van der Waals surface area contributed by atoms with Gasteiger partial charge in [-0.2, -0.15) is 0 Å². The minimum absolute atomic E-state index is 0.0451. The Morgan fingerprint density at radius 1 is 1.29 bits per heavy atom. The molecule has 128 valence electrons. The SMILES string of the molecule is COc1ccc2oc(C(=O)N[C@@H](C)C(=O)N3CCCC3)c(C)c2c1. The lowest BCUT2D eigenvalue weighted by atomic mass is 10.1. The van der Waals surface area contributed by atoms with E-state index in [4.69, 9.17) is 9.15 Å². The van der Waals surface area contributed by atoms with Crippen LogP contribution < -0.4 is 10.1 Å². The van der Waals surface area contributed by atoms with Gasteiger partial charge in [0.15, 0.2) is 5.76 Å². The van der Waals surface area contributed by atoms with Crippen LogP contribution in [0.5, 0.6) is 5.75 Å². The zero-order valence-electron chi connectivity index (χ0n) is 14.2. The molecule has 1 atom stereocenters. The normalized spacial score (nSPS) is 15.5. The van der Waals surface area contributed by atoms with Crippen molar-refractivity contribution in [1.82, 2.24) is 10.2 Å². The van der Waals surface area contributed by atoms with Crippen LogP contribution in [0.3, 0.4) is 0 Å². The Morgan fingerprint density at radius 2 is 2.00 bits per heavy atom. The highest BCUT2D eigenvalue weighted by atomic mass is 16.5. The predicted molar refractivity (Wildman–Crippen MR) is 90.2 cm³/mol. The summed E-state index contributed by atoms with van der Waals surface area (Å²) in [6.45, 7) is 5.07. The summed E-state index contributed by atoms with van der Waals surface area (Å²) >= 11 is 0. The first-order valence-corrected chi connectivity index (χ1v) is 8.18. The molecule has 0 radical (unpaired) electrons. The fourth-order valence-corrected chi connectivity index (χ4v) is 3.08. The topological polar surface area (TPSA) is 71.8 Å². The molecule has 0 bridgehead atoms. The molecule has 1 aromatic heterocycles. The zero-order valence-corrected chi connectivity index (χ0v) is 14.2. The number of carbonyl (C=O) groups is 2. The third kappa shape index (κ3) is 2.96. The highest BCUT2D eigenvalue weighted by Crippen LogP contribution is 2.28. The van der Waals surface area contributed by atoms with E-state index in [1.54, 1.807) is 31.1 Å². The number of rotatable bonds is 4. The van der Waals surface area contributed by atoms with Gasteiger partial charge in [-0.15, -0.1) is 0 Å². The summed E-state index contributed by atoms with van der Waals surface area (Å²) in [4.78, 5) is 26.6. The number of likely N-dealkylation sites (tertiary alicyclic amines) is 1. The first-order valence-electron chi connectivity index (χ1n) is 8.18. The number of furan rings is 1. The number of nitrogens with zero attached hydrogens (tertiary/aromatic N) is 1. The van der Waals surface area contributed by atoms with Crippen LogP contribution in [0.4, 0.5) is 0 Å². The van der Waals surface area contributed by atoms with Crippen molar-refractivity contribution < 1.29 is 18.7 Å². The maximum absolute atomic E-state index is 12.5. The van der Waals surface area contributed by atoms with E-state index in [0.29, 0.717) is 11.3 Å². The Morgan fingerprint density at radius 3 is 2.67 bits per heavy atom. The molecule has 2 amide bonds. The van der Waals surface area contributed by atoms with Crippen molar-refractivity contribution >= 4 is 22.8 Å². The van der Waals surface area contributed by atoms with E-state index >= 15 is 0 Å². The summed E-state index contributed by atoms with van der Waals surface area (Å²) in [7, 11) is 1.59. The van der Waals surface area contributed by atoms with Crippen LogP contribution in [-0.4, -0.2) is 43.0 Å². The van der Waals surface area contributed by atoms with Crippen LogP contribution in [0.25, 0.3) is 11.0 Å². The van der Waals surface area contributed by atoms with Crippen LogP contribution in [0.15, 0.2) is 22.6 Å². The van der Waals surface area contributed by atoms with E-state index in [1.165, 1.54) is 0 Å². The minimum Gasteiger partial charge on any atom is -0.497 e. The van der Waals surface area contributed by atoms with Crippen molar-refractivity contribution in [3.05, 3.63) is 29.5 Å². The molecule has 2 aromatic rings. The van der Waals surface area contributed by atoms with Gasteiger partial charge in [-0.25, -0.2) is 0 Å². The molecular weight excluding hydrogens is 308 g/mol. The van der Waals surface area contributed by atoms with Crippen molar-refractivity contribution in [3.63, 3.8) is 0 Å². The van der Waals surface area contributed by atoms with Crippen molar-refractivity contribution in [3.8, 4) is 5.75 Å². The van der Waals surface area contributed by atoms with E-state index in [2.05, 4.69) is 5.32 Å². The van der Waals surface area contributed by atoms with E-state index in [9.17, 15) is 9.59 Å². The largest absolute Gasteiger partial charge is 0.497 e. The number of aryl methyl sites for hydroxylation is 1. The number of hydrogen-bond donors (Lipinski definition) is 1. The number of methoxy groups -OCH3 is 1. The average Bonchev–Trinajstić information content (AvgIpc) is 3.22. The Hall–Kier alpha value is -2.50. The third-order valence-corrected chi connectivity index (χ3v) is 4.49. The lowest BCUT2D eigenvalue weighted by Gasteiger charge is -2.20. The van der Waals surface area contributed by atoms with E-state index < -0.39 is 6.04 Å². The maximum Gasteiger partial charge on any atom is 0.287 e. The lowest BCUT2D eigenvalue weighted by Crippen LogP contribution is -2.46. The number of benzene rings is 1. The molecule has 1 fully saturated rings. The summed E-state index contributed by atoms with van der Waals surface area (Å²) in [5.41, 5.74) is 1.36. The van der Waals surface area contributed by atoms with Crippen LogP contribution in [-0.2, 0) is 4.79 Å². The first-order chi connectivity index (χ1) is 11.5. The van der Waals surface area contributed by atoms with E-state index in [1.807, 2.05) is 13.0 Å². The van der Waals surface area contributed by atoms with Gasteiger partial charge >= 0.3 is 0 Å². The Kier molecular flexibility index (Phi) is 4.46. The standard InChI is InChI=1S/C18H22N2O4/c1-11-14-10-13(23-3)6-7-15(14)24-16(11)17(21)19-12(2)18(22)20-8-4-5-9-20/h6-7,10,12H,4-5,8-9H2,1-3H3,(H,19,21)/t12-/m0/s1. The summed E-state index contributed by atoms with van der Waals surface area (Å²) in [6, 6.07) is 4.82. The maximum atomic E-state index is 12.5. The van der Waals surface area contributed by atoms with Crippen molar-refractivity contribution in [2.24, 2.45) is 0 Å². The van der Waals surface area contributed by atoms with Gasteiger partial charge in [0.2, 0.25) is 5.91 Å². The van der Waals surface area contributed by atoms with Crippen LogP contribution in [0.2, 0.25) is 0 Å². The molecular formula is C18H22N2O4. The monoisotopic (exact) mass is 330 g/mol. The third-order valence-electron chi connectivity index (χ3n) is 4.49. The number of hydrogen-bond acceptors (Lipinski definition) is 4. The Bertz CT molecular complexity index is 775. The van der Waals surface area contributed by atoms with Crippen molar-refractivity contribution in [1.29, 1.82) is 0 Å². The van der Waals surface area contributed by atoms with E-state index in [-0.39, 0.29) is 17.6 Å². The summed E-state index contributed by atoms with van der Waals surface area (Å²) < 4.78 is 10.9. The smallest absolute Gasteiger partial charge is 0.287 e. The Labute approximate surface area is 140 Å². The van der Waals surface area contributed by atoms with Gasteiger partial charge in [0, 0.05) is 24.0 Å². The highest BCUT2D eigenvalue weighted by Gasteiger charge is 2.26. The molecule has 2 heterocycles. The molecule has 0 spiro atoms. The molecule has 1 aliphatic heterocycles. The van der Waals surface area contributed by atoms with Crippen molar-refractivity contribution in [2.45, 2.75) is 32.7 Å². The molecule has 3 rings (SSSR count). The van der Waals surface area contributed by atoms with Crippen molar-refractivity contribution in [2.75, 3.05) is 20.2 Å². The van der Waals surface area contributed by atoms with Gasteiger partial charge in [-0.05, 0) is 44.9 Å². The minimum atomic E-state index is -0.572. The molecule has 1 N–H and O–H groups in total. The van der Waals surface area contributed by atoms with E-state index in [0.717, 1.165) is 36.9 Å². The summed E-state index contributed by atoms with van der Waals surface area (Å²) in [5, 5.41) is 3.58. The average molecular weight is 330 g/mol. The van der Waals surface area contributed by atoms with Gasteiger partial charge in [-0.3, -0.25) is 9.59 Å². The van der Waals surface area contributed by atoms with Gasteiger partial charge in [0.05, 0.1) is 7.11 Å². The fourth-order valence-electron chi connectivity index (χ4n) is 3.08. The molecule has 6 nitrogen and oxygen atoms in total. The molecule has 24 heavy (non-hydrogen) atoms. The number of fused-ring (bicyclic) bond motifs is 1. The van der Waals surface area contributed by atoms with Gasteiger partial charge < -0.3 is 19.4 Å². The fraction of sp³-hybridized carbons (Fsp3) is 0.444. The summed E-state index contributed by atoms with van der Waals surface area (Å²) in [6.07, 6.45) is 2.05. The van der Waals surface area contributed by atoms with Gasteiger partial charge in [0.25, 0.3) is 5.91 Å². The van der Waals surface area contributed by atoms with Crippen LogP contribution in [0.1, 0.15) is 35.9 Å². The zero-order chi connectivity index (χ0) is 17.3. The number of nitrogens with one attached hydrogen (secondary N) is 1. The number of amides is 2. The number of ether oxygens (including phenoxy) is 1.